The van der Waals surface area contributed by atoms with Gasteiger partial charge in [-0.25, -0.2) is 0 Å². The normalized spacial score (nSPS) is 15.0. The number of rotatable bonds is 8. The van der Waals surface area contributed by atoms with Crippen LogP contribution in [0.15, 0.2) is 36.4 Å². The molecular weight excluding hydrogens is 390 g/mol. The lowest BCUT2D eigenvalue weighted by molar-refractivity contribution is -0.120. The van der Waals surface area contributed by atoms with Gasteiger partial charge in [0.05, 0.1) is 20.3 Å². The second-order valence-electron chi connectivity index (χ2n) is 8.31. The topological polar surface area (TPSA) is 54.0 Å². The molecule has 0 spiro atoms. The summed E-state index contributed by atoms with van der Waals surface area (Å²) >= 11 is 0. The van der Waals surface area contributed by atoms with E-state index in [1.807, 2.05) is 50.1 Å². The Morgan fingerprint density at radius 3 is 2.29 bits per heavy atom. The molecule has 0 unspecified atom stereocenters. The van der Waals surface area contributed by atoms with E-state index in [-0.39, 0.29) is 11.9 Å². The predicted molar refractivity (Wildman–Crippen MR) is 126 cm³/mol. The Labute approximate surface area is 186 Å². The maximum absolute atomic E-state index is 12.8. The number of ether oxygens (including phenoxy) is 2. The molecule has 0 aliphatic carbocycles. The maximum Gasteiger partial charge on any atom is 0.241 e. The third kappa shape index (κ3) is 5.70. The Hall–Kier alpha value is -2.73. The lowest BCUT2D eigenvalue weighted by Gasteiger charge is -2.29. The van der Waals surface area contributed by atoms with Crippen LogP contribution in [0.3, 0.4) is 0 Å². The van der Waals surface area contributed by atoms with Gasteiger partial charge in [0, 0.05) is 31.0 Å². The lowest BCUT2D eigenvalue weighted by Crippen LogP contribution is -2.39. The molecule has 1 amide bonds. The number of hydrogen-bond donors (Lipinski definition) is 1. The summed E-state index contributed by atoms with van der Waals surface area (Å²) in [5.41, 5.74) is 4.26. The molecule has 3 rings (SSSR count). The fraction of sp³-hybridized carbons (Fsp3) is 0.480. The van der Waals surface area contributed by atoms with Gasteiger partial charge in [-0.05, 0) is 87.7 Å². The van der Waals surface area contributed by atoms with E-state index in [0.717, 1.165) is 29.9 Å². The number of nitrogens with zero attached hydrogens (tertiary/aromatic N) is 2. The zero-order valence-electron chi connectivity index (χ0n) is 19.4. The molecule has 1 aliphatic heterocycles. The second-order valence-corrected chi connectivity index (χ2v) is 8.31. The van der Waals surface area contributed by atoms with E-state index in [1.54, 1.807) is 14.2 Å². The van der Waals surface area contributed by atoms with Crippen LogP contribution in [0.2, 0.25) is 0 Å². The smallest absolute Gasteiger partial charge is 0.241 e. The Morgan fingerprint density at radius 1 is 1.06 bits per heavy atom. The highest BCUT2D eigenvalue weighted by Gasteiger charge is 2.20. The molecule has 1 fully saturated rings. The van der Waals surface area contributed by atoms with Crippen molar-refractivity contribution < 1.29 is 14.3 Å². The quantitative estimate of drug-likeness (QED) is 0.677. The maximum atomic E-state index is 12.8. The van der Waals surface area contributed by atoms with E-state index >= 15 is 0 Å². The largest absolute Gasteiger partial charge is 0.493 e. The minimum Gasteiger partial charge on any atom is -0.493 e. The van der Waals surface area contributed by atoms with Gasteiger partial charge in [-0.3, -0.25) is 9.69 Å². The van der Waals surface area contributed by atoms with Crippen molar-refractivity contribution in [3.05, 3.63) is 47.5 Å². The Bertz CT molecular complexity index is 876. The highest BCUT2D eigenvalue weighted by Crippen LogP contribution is 2.31. The number of aryl methyl sites for hydroxylation is 1. The number of amides is 1. The minimum absolute atomic E-state index is 0.0219. The van der Waals surface area contributed by atoms with Crippen LogP contribution in [0.1, 0.15) is 37.3 Å². The first-order valence-electron chi connectivity index (χ1n) is 11.0. The van der Waals surface area contributed by atoms with E-state index < -0.39 is 0 Å². The minimum atomic E-state index is -0.283. The number of benzene rings is 2. The van der Waals surface area contributed by atoms with Crippen LogP contribution in [0.4, 0.5) is 11.4 Å². The van der Waals surface area contributed by atoms with Crippen molar-refractivity contribution in [2.45, 2.75) is 45.7 Å². The van der Waals surface area contributed by atoms with E-state index in [2.05, 4.69) is 22.3 Å². The number of carbonyl (C=O) groups excluding carboxylic acids is 1. The van der Waals surface area contributed by atoms with Crippen LogP contribution in [0.5, 0.6) is 11.5 Å². The molecular formula is C25H35N3O3. The molecule has 168 valence electrons. The van der Waals surface area contributed by atoms with Gasteiger partial charge < -0.3 is 19.7 Å². The highest BCUT2D eigenvalue weighted by atomic mass is 16.5. The third-order valence-corrected chi connectivity index (χ3v) is 6.16. The molecule has 6 heteroatoms. The van der Waals surface area contributed by atoms with Crippen LogP contribution < -0.4 is 19.7 Å². The molecule has 0 saturated carbocycles. The van der Waals surface area contributed by atoms with E-state index in [9.17, 15) is 4.79 Å². The summed E-state index contributed by atoms with van der Waals surface area (Å²) in [5, 5.41) is 3.05. The summed E-state index contributed by atoms with van der Waals surface area (Å²) in [6.07, 6.45) is 3.82. The van der Waals surface area contributed by atoms with Gasteiger partial charge in [0.2, 0.25) is 5.91 Å². The van der Waals surface area contributed by atoms with Crippen LogP contribution in [-0.4, -0.2) is 51.2 Å². The zero-order valence-corrected chi connectivity index (χ0v) is 19.4. The molecule has 0 bridgehead atoms. The molecule has 6 nitrogen and oxygen atoms in total. The molecule has 0 aromatic heterocycles. The second kappa shape index (κ2) is 10.5. The van der Waals surface area contributed by atoms with Gasteiger partial charge in [0.1, 0.15) is 0 Å². The van der Waals surface area contributed by atoms with Gasteiger partial charge in [-0.15, -0.1) is 0 Å². The van der Waals surface area contributed by atoms with Crippen LogP contribution >= 0.6 is 0 Å². The fourth-order valence-electron chi connectivity index (χ4n) is 3.95. The average molecular weight is 426 g/mol. The predicted octanol–water partition coefficient (Wildman–Crippen LogP) is 4.46. The molecule has 1 atom stereocenters. The monoisotopic (exact) mass is 425 g/mol. The third-order valence-electron chi connectivity index (χ3n) is 6.16. The summed E-state index contributed by atoms with van der Waals surface area (Å²) in [6, 6.07) is 11.9. The summed E-state index contributed by atoms with van der Waals surface area (Å²) in [6.45, 7) is 6.83. The summed E-state index contributed by atoms with van der Waals surface area (Å²) in [7, 11) is 5.22. The number of methoxy groups -OCH3 is 2. The molecule has 1 aliphatic rings. The Balaban J connectivity index is 1.60. The number of carbonyl (C=O) groups is 1. The van der Waals surface area contributed by atoms with Crippen molar-refractivity contribution in [2.24, 2.45) is 0 Å². The Kier molecular flexibility index (Phi) is 7.80. The number of piperidine rings is 1. The van der Waals surface area contributed by atoms with Gasteiger partial charge in [0.25, 0.3) is 0 Å². The highest BCUT2D eigenvalue weighted by molar-refractivity contribution is 5.94. The van der Waals surface area contributed by atoms with Gasteiger partial charge in [-0.2, -0.15) is 0 Å². The van der Waals surface area contributed by atoms with Gasteiger partial charge in [-0.1, -0.05) is 0 Å². The van der Waals surface area contributed by atoms with Crippen molar-refractivity contribution in [3.8, 4) is 11.5 Å². The summed E-state index contributed by atoms with van der Waals surface area (Å²) < 4.78 is 10.8. The van der Waals surface area contributed by atoms with E-state index in [4.69, 9.17) is 9.47 Å². The Morgan fingerprint density at radius 2 is 1.68 bits per heavy atom. The standard InChI is InChI=1S/C25H35N3O3/c1-18-15-23(30-4)24(31-5)16-20(18)17-27(3)19(2)25(29)26-21-9-11-22(12-10-21)28-13-7-6-8-14-28/h9-12,15-16,19H,6-8,13-14,17H2,1-5H3,(H,26,29)/t19-/m0/s1. The van der Waals surface area contributed by atoms with Crippen molar-refractivity contribution in [3.63, 3.8) is 0 Å². The molecule has 1 saturated heterocycles. The number of hydrogen-bond acceptors (Lipinski definition) is 5. The molecule has 2 aromatic carbocycles. The SMILES string of the molecule is COc1cc(C)c(CN(C)[C@@H](C)C(=O)Nc2ccc(N3CCCCC3)cc2)cc1OC. The van der Waals surface area contributed by atoms with Crippen LogP contribution in [0, 0.1) is 6.92 Å². The summed E-state index contributed by atoms with van der Waals surface area (Å²) in [5.74, 6) is 1.39. The van der Waals surface area contributed by atoms with Gasteiger partial charge >= 0.3 is 0 Å². The molecule has 2 aromatic rings. The first kappa shape index (κ1) is 22.9. The fourth-order valence-corrected chi connectivity index (χ4v) is 3.95. The summed E-state index contributed by atoms with van der Waals surface area (Å²) in [4.78, 5) is 17.3. The molecule has 31 heavy (non-hydrogen) atoms. The number of anilines is 2. The van der Waals surface area contributed by atoms with Crippen molar-refractivity contribution in [1.29, 1.82) is 0 Å². The first-order chi connectivity index (χ1) is 14.9. The van der Waals surface area contributed by atoms with Crippen LogP contribution in [-0.2, 0) is 11.3 Å². The molecule has 1 N–H and O–H groups in total. The lowest BCUT2D eigenvalue weighted by atomic mass is 10.1. The van der Waals surface area contributed by atoms with Gasteiger partial charge in [0.15, 0.2) is 11.5 Å². The zero-order chi connectivity index (χ0) is 22.4. The van der Waals surface area contributed by atoms with Crippen LogP contribution in [0.25, 0.3) is 0 Å². The van der Waals surface area contributed by atoms with Crippen molar-refractivity contribution >= 4 is 17.3 Å². The van der Waals surface area contributed by atoms with Crippen molar-refractivity contribution in [2.75, 3.05) is 44.6 Å². The molecule has 1 heterocycles. The first-order valence-corrected chi connectivity index (χ1v) is 11.0. The number of nitrogens with one attached hydrogen (secondary N) is 1. The number of likely N-dealkylation sites (N-methyl/N-ethyl adjacent to an activating group) is 1. The van der Waals surface area contributed by atoms with E-state index in [0.29, 0.717) is 18.0 Å². The van der Waals surface area contributed by atoms with E-state index in [1.165, 1.54) is 24.9 Å². The van der Waals surface area contributed by atoms with Crippen molar-refractivity contribution in [1.82, 2.24) is 4.90 Å². The molecule has 0 radical (unpaired) electrons. The average Bonchev–Trinajstić information content (AvgIpc) is 2.80.